The Kier molecular flexibility index (Phi) is 4.84. The maximum absolute atomic E-state index is 12.6. The van der Waals surface area contributed by atoms with E-state index in [9.17, 15) is 9.59 Å². The zero-order valence-electron chi connectivity index (χ0n) is 15.8. The zero-order chi connectivity index (χ0) is 19.1. The van der Waals surface area contributed by atoms with Crippen molar-refractivity contribution in [2.24, 2.45) is 5.92 Å². The van der Waals surface area contributed by atoms with Gasteiger partial charge in [0.1, 0.15) is 5.01 Å². The molecule has 7 heteroatoms. The Morgan fingerprint density at radius 1 is 1.27 bits per heavy atom. The van der Waals surface area contributed by atoms with Gasteiger partial charge in [0.05, 0.1) is 5.92 Å². The Morgan fingerprint density at radius 2 is 2.00 bits per heavy atom. The maximum Gasteiger partial charge on any atom is 0.231 e. The molecule has 1 atom stereocenters. The van der Waals surface area contributed by atoms with E-state index in [1.54, 1.807) is 4.90 Å². The van der Waals surface area contributed by atoms with Crippen LogP contribution in [-0.4, -0.2) is 28.6 Å². The number of benzene rings is 1. The molecule has 1 aromatic carbocycles. The number of nitrogens with one attached hydrogen (secondary N) is 1. The minimum Gasteiger partial charge on any atom is -0.311 e. The summed E-state index contributed by atoms with van der Waals surface area (Å²) >= 11 is 1.38. The van der Waals surface area contributed by atoms with Gasteiger partial charge in [-0.3, -0.25) is 9.59 Å². The lowest BCUT2D eigenvalue weighted by Gasteiger charge is -2.20. The van der Waals surface area contributed by atoms with Crippen LogP contribution in [0, 0.1) is 19.8 Å². The molecular weight excluding hydrogens is 348 g/mol. The molecule has 1 saturated heterocycles. The van der Waals surface area contributed by atoms with E-state index in [1.165, 1.54) is 11.3 Å². The normalized spacial score (nSPS) is 17.7. The molecule has 1 N–H and O–H groups in total. The van der Waals surface area contributed by atoms with Crippen molar-refractivity contribution in [3.8, 4) is 0 Å². The van der Waals surface area contributed by atoms with E-state index in [0.717, 1.165) is 21.8 Å². The van der Waals surface area contributed by atoms with Crippen LogP contribution in [0.25, 0.3) is 0 Å². The standard InChI is InChI=1S/C19H24N4O2S/c1-11-7-6-8-14(12(11)2)23-10-13(9-15(23)24)16(25)20-18-22-21-17(26-18)19(3,4)5/h6-8,13H,9-10H2,1-5H3,(H,20,22,25). The van der Waals surface area contributed by atoms with E-state index >= 15 is 0 Å². The number of aromatic nitrogens is 2. The van der Waals surface area contributed by atoms with Crippen LogP contribution in [0.1, 0.15) is 43.3 Å². The molecule has 2 heterocycles. The summed E-state index contributed by atoms with van der Waals surface area (Å²) in [6.45, 7) is 10.6. The van der Waals surface area contributed by atoms with Gasteiger partial charge in [0.25, 0.3) is 0 Å². The lowest BCUT2D eigenvalue weighted by Crippen LogP contribution is -2.28. The van der Waals surface area contributed by atoms with Gasteiger partial charge in [0.2, 0.25) is 16.9 Å². The summed E-state index contributed by atoms with van der Waals surface area (Å²) < 4.78 is 0. The molecule has 6 nitrogen and oxygen atoms in total. The second kappa shape index (κ2) is 6.79. The van der Waals surface area contributed by atoms with Crippen molar-refractivity contribution in [3.63, 3.8) is 0 Å². The molecular formula is C19H24N4O2S. The third-order valence-corrected chi connectivity index (χ3v) is 5.92. The van der Waals surface area contributed by atoms with Crippen molar-refractivity contribution in [2.45, 2.75) is 46.5 Å². The van der Waals surface area contributed by atoms with E-state index in [1.807, 2.05) is 32.0 Å². The van der Waals surface area contributed by atoms with Crippen molar-refractivity contribution in [3.05, 3.63) is 34.3 Å². The molecule has 1 aromatic heterocycles. The molecule has 0 saturated carbocycles. The predicted octanol–water partition coefficient (Wildman–Crippen LogP) is 3.44. The third kappa shape index (κ3) is 3.62. The van der Waals surface area contributed by atoms with Crippen LogP contribution in [0.5, 0.6) is 0 Å². The maximum atomic E-state index is 12.6. The summed E-state index contributed by atoms with van der Waals surface area (Å²) in [6, 6.07) is 5.89. The third-order valence-electron chi connectivity index (χ3n) is 4.66. The van der Waals surface area contributed by atoms with Crippen molar-refractivity contribution in [1.29, 1.82) is 0 Å². The number of anilines is 2. The monoisotopic (exact) mass is 372 g/mol. The molecule has 0 aliphatic carbocycles. The molecule has 2 amide bonds. The first-order valence-electron chi connectivity index (χ1n) is 8.68. The Hall–Kier alpha value is -2.28. The quantitative estimate of drug-likeness (QED) is 0.895. The van der Waals surface area contributed by atoms with Gasteiger partial charge in [-0.2, -0.15) is 0 Å². The molecule has 1 fully saturated rings. The molecule has 0 bridgehead atoms. The van der Waals surface area contributed by atoms with Gasteiger partial charge in [0, 0.05) is 24.1 Å². The highest BCUT2D eigenvalue weighted by Gasteiger charge is 2.36. The molecule has 0 spiro atoms. The van der Waals surface area contributed by atoms with Gasteiger partial charge < -0.3 is 10.2 Å². The number of aryl methyl sites for hydroxylation is 1. The van der Waals surface area contributed by atoms with Crippen molar-refractivity contribution >= 4 is 34.0 Å². The summed E-state index contributed by atoms with van der Waals surface area (Å²) in [5.41, 5.74) is 2.98. The first-order chi connectivity index (χ1) is 12.2. The fourth-order valence-electron chi connectivity index (χ4n) is 2.93. The second-order valence-corrected chi connectivity index (χ2v) is 8.75. The lowest BCUT2D eigenvalue weighted by molar-refractivity contribution is -0.122. The van der Waals surface area contributed by atoms with Crippen molar-refractivity contribution < 1.29 is 9.59 Å². The highest BCUT2D eigenvalue weighted by molar-refractivity contribution is 7.15. The van der Waals surface area contributed by atoms with E-state index in [-0.39, 0.29) is 29.6 Å². The van der Waals surface area contributed by atoms with Crippen LogP contribution in [0.4, 0.5) is 10.8 Å². The Labute approximate surface area is 157 Å². The summed E-state index contributed by atoms with van der Waals surface area (Å²) in [5.74, 6) is -0.585. The smallest absolute Gasteiger partial charge is 0.231 e. The average Bonchev–Trinajstić information content (AvgIpc) is 3.17. The minimum absolute atomic E-state index is 0.0218. The summed E-state index contributed by atoms with van der Waals surface area (Å²) in [5, 5.41) is 12.4. The van der Waals surface area contributed by atoms with Crippen LogP contribution < -0.4 is 10.2 Å². The molecule has 1 unspecified atom stereocenters. The van der Waals surface area contributed by atoms with E-state index < -0.39 is 0 Å². The van der Waals surface area contributed by atoms with Gasteiger partial charge in [0.15, 0.2) is 0 Å². The van der Waals surface area contributed by atoms with Gasteiger partial charge >= 0.3 is 0 Å². The molecule has 138 valence electrons. The first-order valence-corrected chi connectivity index (χ1v) is 9.50. The number of carbonyl (C=O) groups excluding carboxylic acids is 2. The molecule has 2 aromatic rings. The van der Waals surface area contributed by atoms with Gasteiger partial charge in [-0.15, -0.1) is 10.2 Å². The van der Waals surface area contributed by atoms with Gasteiger partial charge in [-0.25, -0.2) is 0 Å². The van der Waals surface area contributed by atoms with Crippen molar-refractivity contribution in [1.82, 2.24) is 10.2 Å². The van der Waals surface area contributed by atoms with Crippen LogP contribution in [-0.2, 0) is 15.0 Å². The summed E-state index contributed by atoms with van der Waals surface area (Å²) in [7, 11) is 0. The van der Waals surface area contributed by atoms with E-state index in [2.05, 4.69) is 36.3 Å². The van der Waals surface area contributed by atoms with Crippen LogP contribution in [0.3, 0.4) is 0 Å². The minimum atomic E-state index is -0.385. The van der Waals surface area contributed by atoms with Gasteiger partial charge in [-0.05, 0) is 31.0 Å². The fraction of sp³-hybridized carbons (Fsp3) is 0.474. The molecule has 0 radical (unpaired) electrons. The van der Waals surface area contributed by atoms with E-state index in [4.69, 9.17) is 0 Å². The largest absolute Gasteiger partial charge is 0.311 e. The summed E-state index contributed by atoms with van der Waals surface area (Å²) in [4.78, 5) is 26.8. The van der Waals surface area contributed by atoms with Gasteiger partial charge in [-0.1, -0.05) is 44.2 Å². The second-order valence-electron chi connectivity index (χ2n) is 7.78. The molecule has 26 heavy (non-hydrogen) atoms. The number of carbonyl (C=O) groups is 2. The number of nitrogens with zero attached hydrogens (tertiary/aromatic N) is 3. The SMILES string of the molecule is Cc1cccc(N2CC(C(=O)Nc3nnc(C(C)(C)C)s3)CC2=O)c1C. The molecule has 1 aliphatic heterocycles. The first kappa shape index (κ1) is 18.5. The number of rotatable bonds is 3. The number of hydrogen-bond acceptors (Lipinski definition) is 5. The molecule has 3 rings (SSSR count). The van der Waals surface area contributed by atoms with Crippen LogP contribution >= 0.6 is 11.3 Å². The topological polar surface area (TPSA) is 75.2 Å². The van der Waals surface area contributed by atoms with Crippen LogP contribution in [0.15, 0.2) is 18.2 Å². The fourth-order valence-corrected chi connectivity index (χ4v) is 3.73. The molecule has 1 aliphatic rings. The Morgan fingerprint density at radius 3 is 2.65 bits per heavy atom. The van der Waals surface area contributed by atoms with Crippen LogP contribution in [0.2, 0.25) is 0 Å². The summed E-state index contributed by atoms with van der Waals surface area (Å²) in [6.07, 6.45) is 0.212. The highest BCUT2D eigenvalue weighted by atomic mass is 32.1. The van der Waals surface area contributed by atoms with Crippen molar-refractivity contribution in [2.75, 3.05) is 16.8 Å². The zero-order valence-corrected chi connectivity index (χ0v) is 16.6. The Balaban J connectivity index is 1.71. The Bertz CT molecular complexity index is 853. The lowest BCUT2D eigenvalue weighted by atomic mass is 9.98. The predicted molar refractivity (Wildman–Crippen MR) is 104 cm³/mol. The number of amides is 2. The average molecular weight is 372 g/mol. The van der Waals surface area contributed by atoms with E-state index in [0.29, 0.717) is 11.7 Å². The number of hydrogen-bond donors (Lipinski definition) is 1. The highest BCUT2D eigenvalue weighted by Crippen LogP contribution is 2.31.